The van der Waals surface area contributed by atoms with Gasteiger partial charge in [-0.05, 0) is 43.9 Å². The van der Waals surface area contributed by atoms with Crippen molar-refractivity contribution in [3.05, 3.63) is 54.0 Å². The van der Waals surface area contributed by atoms with Gasteiger partial charge in [0.15, 0.2) is 5.78 Å². The highest BCUT2D eigenvalue weighted by atomic mass is 32.2. The zero-order valence-electron chi connectivity index (χ0n) is 15.1. The van der Waals surface area contributed by atoms with Gasteiger partial charge < -0.3 is 9.32 Å². The molecule has 1 aliphatic rings. The Morgan fingerprint density at radius 3 is 2.33 bits per heavy atom. The molecule has 1 aliphatic heterocycles. The summed E-state index contributed by atoms with van der Waals surface area (Å²) >= 11 is 0. The van der Waals surface area contributed by atoms with E-state index in [1.54, 1.807) is 11.0 Å². The summed E-state index contributed by atoms with van der Waals surface area (Å²) in [4.78, 5) is 25.5. The zero-order valence-corrected chi connectivity index (χ0v) is 15.9. The largest absolute Gasteiger partial charge is 0.472 e. The minimum absolute atomic E-state index is 0.0617. The van der Waals surface area contributed by atoms with Gasteiger partial charge in [0.2, 0.25) is 10.0 Å². The Labute approximate surface area is 158 Å². The van der Waals surface area contributed by atoms with Gasteiger partial charge in [-0.25, -0.2) is 13.1 Å². The molecule has 144 valence electrons. The Hall–Kier alpha value is -2.45. The summed E-state index contributed by atoms with van der Waals surface area (Å²) in [5.41, 5.74) is 1.01. The van der Waals surface area contributed by atoms with Crippen molar-refractivity contribution in [1.29, 1.82) is 0 Å². The van der Waals surface area contributed by atoms with Gasteiger partial charge in [0.05, 0.1) is 16.7 Å². The summed E-state index contributed by atoms with van der Waals surface area (Å²) in [5, 5.41) is 0. The summed E-state index contributed by atoms with van der Waals surface area (Å²) in [6, 6.07) is 7.53. The first kappa shape index (κ1) is 19.3. The summed E-state index contributed by atoms with van der Waals surface area (Å²) in [6.45, 7) is 2.93. The minimum atomic E-state index is -3.62. The third-order valence-corrected chi connectivity index (χ3v) is 6.24. The van der Waals surface area contributed by atoms with Crippen molar-refractivity contribution in [2.24, 2.45) is 5.92 Å². The number of nitrogens with zero attached hydrogens (tertiary/aromatic N) is 1. The van der Waals surface area contributed by atoms with Gasteiger partial charge in [0.1, 0.15) is 6.26 Å². The first-order chi connectivity index (χ1) is 12.9. The first-order valence-corrected chi connectivity index (χ1v) is 10.3. The second kappa shape index (κ2) is 8.06. The van der Waals surface area contributed by atoms with Crippen LogP contribution in [0.25, 0.3) is 0 Å². The fourth-order valence-electron chi connectivity index (χ4n) is 3.09. The highest BCUT2D eigenvalue weighted by Crippen LogP contribution is 2.20. The predicted molar refractivity (Wildman–Crippen MR) is 99.0 cm³/mol. The predicted octanol–water partition coefficient (Wildman–Crippen LogP) is 2.31. The second-order valence-corrected chi connectivity index (χ2v) is 8.45. The Morgan fingerprint density at radius 1 is 1.11 bits per heavy atom. The maximum atomic E-state index is 12.4. The number of hydrogen-bond donors (Lipinski definition) is 1. The maximum absolute atomic E-state index is 12.4. The number of likely N-dealkylation sites (tertiary alicyclic amines) is 1. The van der Waals surface area contributed by atoms with Crippen LogP contribution in [-0.2, 0) is 10.0 Å². The van der Waals surface area contributed by atoms with E-state index < -0.39 is 10.0 Å². The molecule has 7 nitrogen and oxygen atoms in total. The van der Waals surface area contributed by atoms with Crippen LogP contribution in [-0.4, -0.2) is 44.6 Å². The molecule has 1 saturated heterocycles. The summed E-state index contributed by atoms with van der Waals surface area (Å²) in [5.74, 6) is 0.00152. The van der Waals surface area contributed by atoms with Gasteiger partial charge in [-0.2, -0.15) is 0 Å². The average Bonchev–Trinajstić information content (AvgIpc) is 3.21. The number of Topliss-reactive ketones (excluding diaryl/α,β-unsaturated/α-hetero) is 1. The highest BCUT2D eigenvalue weighted by molar-refractivity contribution is 7.89. The van der Waals surface area contributed by atoms with E-state index in [4.69, 9.17) is 4.42 Å². The molecular formula is C19H22N2O5S. The molecule has 0 atom stereocenters. The molecule has 1 aromatic carbocycles. The molecule has 1 aromatic heterocycles. The van der Waals surface area contributed by atoms with Crippen LogP contribution in [0, 0.1) is 5.92 Å². The molecule has 0 saturated carbocycles. The maximum Gasteiger partial charge on any atom is 0.257 e. The molecule has 27 heavy (non-hydrogen) atoms. The van der Waals surface area contributed by atoms with Crippen molar-refractivity contribution in [2.45, 2.75) is 24.7 Å². The number of amides is 1. The molecule has 2 aromatic rings. The van der Waals surface area contributed by atoms with Crippen LogP contribution in [0.3, 0.4) is 0 Å². The number of benzene rings is 1. The minimum Gasteiger partial charge on any atom is -0.472 e. The van der Waals surface area contributed by atoms with Crippen LogP contribution in [0.4, 0.5) is 0 Å². The van der Waals surface area contributed by atoms with Crippen LogP contribution in [0.1, 0.15) is 40.5 Å². The summed E-state index contributed by atoms with van der Waals surface area (Å²) in [7, 11) is -3.62. The van der Waals surface area contributed by atoms with Crippen molar-refractivity contribution in [2.75, 3.05) is 19.6 Å². The summed E-state index contributed by atoms with van der Waals surface area (Å²) in [6.07, 6.45) is 4.36. The lowest BCUT2D eigenvalue weighted by Crippen LogP contribution is -2.41. The Bertz CT molecular complexity index is 896. The number of rotatable bonds is 6. The number of carbonyl (C=O) groups excluding carboxylic acids is 2. The number of piperidine rings is 1. The lowest BCUT2D eigenvalue weighted by Gasteiger charge is -2.31. The van der Waals surface area contributed by atoms with Crippen molar-refractivity contribution in [3.8, 4) is 0 Å². The summed E-state index contributed by atoms with van der Waals surface area (Å²) < 4.78 is 32.4. The molecule has 0 bridgehead atoms. The third-order valence-electron chi connectivity index (χ3n) is 4.80. The van der Waals surface area contributed by atoms with E-state index in [0.717, 1.165) is 12.8 Å². The zero-order chi connectivity index (χ0) is 19.4. The number of hydrogen-bond acceptors (Lipinski definition) is 5. The van der Waals surface area contributed by atoms with Crippen LogP contribution in [0.5, 0.6) is 0 Å². The Kier molecular flexibility index (Phi) is 5.76. The molecule has 0 spiro atoms. The van der Waals surface area contributed by atoms with Crippen LogP contribution >= 0.6 is 0 Å². The van der Waals surface area contributed by atoms with E-state index in [-0.39, 0.29) is 22.5 Å². The number of furan rings is 1. The van der Waals surface area contributed by atoms with E-state index in [0.29, 0.717) is 30.8 Å². The quantitative estimate of drug-likeness (QED) is 0.764. The monoisotopic (exact) mass is 390 g/mol. The molecule has 1 amide bonds. The van der Waals surface area contributed by atoms with Gasteiger partial charge >= 0.3 is 0 Å². The molecule has 0 radical (unpaired) electrons. The molecule has 8 heteroatoms. The van der Waals surface area contributed by atoms with Crippen molar-refractivity contribution < 1.29 is 22.4 Å². The number of carbonyl (C=O) groups is 2. The molecular weight excluding hydrogens is 368 g/mol. The van der Waals surface area contributed by atoms with Gasteiger partial charge in [-0.3, -0.25) is 9.59 Å². The van der Waals surface area contributed by atoms with Crippen LogP contribution in [0.2, 0.25) is 0 Å². The van der Waals surface area contributed by atoms with E-state index in [1.807, 2.05) is 0 Å². The smallest absolute Gasteiger partial charge is 0.257 e. The molecule has 1 N–H and O–H groups in total. The Morgan fingerprint density at radius 2 is 1.78 bits per heavy atom. The average molecular weight is 390 g/mol. The number of sulfonamides is 1. The van der Waals surface area contributed by atoms with Crippen LogP contribution in [0.15, 0.2) is 52.2 Å². The fraction of sp³-hybridized carbons (Fsp3) is 0.368. The molecule has 3 rings (SSSR count). The van der Waals surface area contributed by atoms with Crippen LogP contribution < -0.4 is 4.72 Å². The third kappa shape index (κ3) is 4.64. The van der Waals surface area contributed by atoms with E-state index in [9.17, 15) is 18.0 Å². The molecule has 1 fully saturated rings. The lowest BCUT2D eigenvalue weighted by molar-refractivity contribution is 0.0691. The van der Waals surface area contributed by atoms with E-state index in [1.165, 1.54) is 43.7 Å². The first-order valence-electron chi connectivity index (χ1n) is 8.79. The molecule has 0 aliphatic carbocycles. The van der Waals surface area contributed by atoms with Gasteiger partial charge in [0.25, 0.3) is 5.91 Å². The number of nitrogens with one attached hydrogen (secondary N) is 1. The lowest BCUT2D eigenvalue weighted by atomic mass is 9.97. The second-order valence-electron chi connectivity index (χ2n) is 6.68. The standard InChI is InChI=1S/C19H22N2O5S/c1-14(22)16-2-4-18(5-3-16)27(24,25)20-12-15-6-9-21(10-7-15)19(23)17-8-11-26-13-17/h2-5,8,11,13,15,20H,6-7,9-10,12H2,1H3. The normalized spacial score (nSPS) is 15.7. The van der Waals surface area contributed by atoms with Gasteiger partial charge in [-0.1, -0.05) is 12.1 Å². The van der Waals surface area contributed by atoms with E-state index in [2.05, 4.69) is 4.72 Å². The van der Waals surface area contributed by atoms with Crippen molar-refractivity contribution >= 4 is 21.7 Å². The Balaban J connectivity index is 1.52. The van der Waals surface area contributed by atoms with E-state index >= 15 is 0 Å². The van der Waals surface area contributed by atoms with Crippen molar-refractivity contribution in [3.63, 3.8) is 0 Å². The fourth-order valence-corrected chi connectivity index (χ4v) is 4.20. The SMILES string of the molecule is CC(=O)c1ccc(S(=O)(=O)NCC2CCN(C(=O)c3ccoc3)CC2)cc1. The van der Waals surface area contributed by atoms with Crippen molar-refractivity contribution in [1.82, 2.24) is 9.62 Å². The topological polar surface area (TPSA) is 96.7 Å². The number of ketones is 1. The van der Waals surface area contributed by atoms with Gasteiger partial charge in [-0.15, -0.1) is 0 Å². The molecule has 0 unspecified atom stereocenters. The highest BCUT2D eigenvalue weighted by Gasteiger charge is 2.25. The van der Waals surface area contributed by atoms with Gasteiger partial charge in [0, 0.05) is 25.2 Å². The molecule has 2 heterocycles.